The average molecular weight is 328 g/mol. The largest absolute Gasteiger partial charge is 0.391 e. The molecule has 1 aromatic heterocycles. The topological polar surface area (TPSA) is 120 Å². The van der Waals surface area contributed by atoms with Crippen LogP contribution in [-0.4, -0.2) is 56.7 Å². The van der Waals surface area contributed by atoms with Gasteiger partial charge in [-0.3, -0.25) is 9.78 Å². The zero-order valence-corrected chi connectivity index (χ0v) is 12.8. The Morgan fingerprint density at radius 2 is 2.27 bits per heavy atom. The lowest BCUT2D eigenvalue weighted by atomic mass is 10.1. The van der Waals surface area contributed by atoms with Crippen molar-refractivity contribution in [1.82, 2.24) is 20.3 Å². The van der Waals surface area contributed by atoms with E-state index in [-0.39, 0.29) is 29.7 Å². The van der Waals surface area contributed by atoms with Crippen LogP contribution in [0.2, 0.25) is 0 Å². The van der Waals surface area contributed by atoms with Gasteiger partial charge in [0.05, 0.1) is 6.10 Å². The Hall–Kier alpha value is -1.55. The summed E-state index contributed by atoms with van der Waals surface area (Å²) < 4.78 is 26.2. The normalized spacial score (nSPS) is 21.7. The lowest BCUT2D eigenvalue weighted by Gasteiger charge is -2.14. The van der Waals surface area contributed by atoms with Crippen molar-refractivity contribution in [3.05, 3.63) is 24.5 Å². The Morgan fingerprint density at radius 1 is 1.45 bits per heavy atom. The summed E-state index contributed by atoms with van der Waals surface area (Å²) in [7, 11) is -3.64. The molecule has 0 aromatic carbocycles. The van der Waals surface area contributed by atoms with Crippen molar-refractivity contribution in [2.75, 3.05) is 26.2 Å². The zero-order valence-electron chi connectivity index (χ0n) is 12.0. The van der Waals surface area contributed by atoms with Crippen LogP contribution in [0.5, 0.6) is 0 Å². The summed E-state index contributed by atoms with van der Waals surface area (Å²) in [5.41, 5.74) is 0. The highest BCUT2D eigenvalue weighted by atomic mass is 32.2. The molecule has 1 aliphatic heterocycles. The number of carbonyl (C=O) groups is 1. The second kappa shape index (κ2) is 7.63. The number of β-amino-alcohol motifs (C(OH)–C–C–N with tert-alkyl or cyclic N) is 1. The Balaban J connectivity index is 1.70. The van der Waals surface area contributed by atoms with E-state index in [4.69, 9.17) is 0 Å². The summed E-state index contributed by atoms with van der Waals surface area (Å²) in [6.07, 6.45) is 2.31. The van der Waals surface area contributed by atoms with Gasteiger partial charge in [-0.2, -0.15) is 0 Å². The molecular weight excluding hydrogens is 308 g/mol. The number of aliphatic hydroxyl groups excluding tert-OH is 1. The Kier molecular flexibility index (Phi) is 5.83. The van der Waals surface area contributed by atoms with Crippen LogP contribution in [0.1, 0.15) is 6.42 Å². The molecule has 0 radical (unpaired) electrons. The summed E-state index contributed by atoms with van der Waals surface area (Å²) in [5, 5.41) is 15.3. The van der Waals surface area contributed by atoms with E-state index in [1.807, 2.05) is 0 Å². The molecule has 1 aliphatic rings. The molecule has 2 heterocycles. The van der Waals surface area contributed by atoms with Crippen molar-refractivity contribution < 1.29 is 18.3 Å². The van der Waals surface area contributed by atoms with E-state index in [0.717, 1.165) is 0 Å². The highest BCUT2D eigenvalue weighted by molar-refractivity contribution is 7.89. The molecule has 2 rings (SSSR count). The summed E-state index contributed by atoms with van der Waals surface area (Å²) in [5.74, 6) is -0.260. The van der Waals surface area contributed by atoms with Gasteiger partial charge in [0.1, 0.15) is 4.90 Å². The SMILES string of the molecule is O=C(CCNS(=O)(=O)c1cccnc1)NCC1CNCC1O. The highest BCUT2D eigenvalue weighted by Crippen LogP contribution is 2.07. The Bertz CT molecular complexity index is 593. The van der Waals surface area contributed by atoms with Crippen LogP contribution in [0.15, 0.2) is 29.4 Å². The Morgan fingerprint density at radius 3 is 2.91 bits per heavy atom. The minimum Gasteiger partial charge on any atom is -0.391 e. The fourth-order valence-electron chi connectivity index (χ4n) is 2.15. The van der Waals surface area contributed by atoms with Crippen molar-refractivity contribution in [1.29, 1.82) is 0 Å². The molecule has 0 aliphatic carbocycles. The second-order valence-corrected chi connectivity index (χ2v) is 6.89. The van der Waals surface area contributed by atoms with E-state index in [2.05, 4.69) is 20.3 Å². The second-order valence-electron chi connectivity index (χ2n) is 5.13. The van der Waals surface area contributed by atoms with Gasteiger partial charge in [0, 0.05) is 50.9 Å². The fourth-order valence-corrected chi connectivity index (χ4v) is 3.14. The van der Waals surface area contributed by atoms with Crippen molar-refractivity contribution >= 4 is 15.9 Å². The molecule has 9 heteroatoms. The van der Waals surface area contributed by atoms with Crippen molar-refractivity contribution in [2.24, 2.45) is 5.92 Å². The Labute approximate surface area is 129 Å². The maximum atomic E-state index is 11.9. The molecule has 8 nitrogen and oxygen atoms in total. The molecule has 0 saturated carbocycles. The van der Waals surface area contributed by atoms with Crippen LogP contribution in [0, 0.1) is 5.92 Å². The van der Waals surface area contributed by atoms with Gasteiger partial charge in [-0.05, 0) is 12.1 Å². The van der Waals surface area contributed by atoms with E-state index in [1.165, 1.54) is 24.5 Å². The van der Waals surface area contributed by atoms with Crippen molar-refractivity contribution in [3.8, 4) is 0 Å². The number of nitrogens with zero attached hydrogens (tertiary/aromatic N) is 1. The number of rotatable bonds is 7. The lowest BCUT2D eigenvalue weighted by Crippen LogP contribution is -2.36. The van der Waals surface area contributed by atoms with Crippen LogP contribution in [0.3, 0.4) is 0 Å². The van der Waals surface area contributed by atoms with E-state index < -0.39 is 16.1 Å². The molecule has 0 spiro atoms. The minimum atomic E-state index is -3.64. The van der Waals surface area contributed by atoms with Gasteiger partial charge in [-0.15, -0.1) is 0 Å². The van der Waals surface area contributed by atoms with Crippen LogP contribution < -0.4 is 15.4 Å². The van der Waals surface area contributed by atoms with E-state index in [0.29, 0.717) is 19.6 Å². The first-order chi connectivity index (χ1) is 10.5. The van der Waals surface area contributed by atoms with Gasteiger partial charge in [0.2, 0.25) is 15.9 Å². The zero-order chi connectivity index (χ0) is 16.0. The van der Waals surface area contributed by atoms with Crippen LogP contribution in [-0.2, 0) is 14.8 Å². The number of aliphatic hydroxyl groups is 1. The summed E-state index contributed by atoms with van der Waals surface area (Å²) >= 11 is 0. The quantitative estimate of drug-likeness (QED) is 0.481. The third-order valence-corrected chi connectivity index (χ3v) is 4.90. The highest BCUT2D eigenvalue weighted by Gasteiger charge is 2.25. The minimum absolute atomic E-state index is 0.00367. The molecule has 1 saturated heterocycles. The van der Waals surface area contributed by atoms with Gasteiger partial charge in [-0.25, -0.2) is 13.1 Å². The molecule has 122 valence electrons. The van der Waals surface area contributed by atoms with Gasteiger partial charge in [0.25, 0.3) is 0 Å². The first kappa shape index (κ1) is 16.8. The number of aromatic nitrogens is 1. The number of amides is 1. The third-order valence-electron chi connectivity index (χ3n) is 3.45. The van der Waals surface area contributed by atoms with Gasteiger partial charge in [-0.1, -0.05) is 0 Å². The maximum Gasteiger partial charge on any atom is 0.242 e. The average Bonchev–Trinajstić information content (AvgIpc) is 2.91. The number of pyridine rings is 1. The number of hydrogen-bond donors (Lipinski definition) is 4. The number of hydrogen-bond acceptors (Lipinski definition) is 6. The number of nitrogens with one attached hydrogen (secondary N) is 3. The van der Waals surface area contributed by atoms with Crippen LogP contribution in [0.4, 0.5) is 0 Å². The smallest absolute Gasteiger partial charge is 0.242 e. The van der Waals surface area contributed by atoms with Crippen LogP contribution >= 0.6 is 0 Å². The molecule has 2 atom stereocenters. The number of carbonyl (C=O) groups excluding carboxylic acids is 1. The van der Waals surface area contributed by atoms with Gasteiger partial charge in [0.15, 0.2) is 0 Å². The molecule has 0 bridgehead atoms. The first-order valence-corrected chi connectivity index (χ1v) is 8.52. The molecule has 1 fully saturated rings. The third kappa shape index (κ3) is 4.73. The summed E-state index contributed by atoms with van der Waals surface area (Å²) in [4.78, 5) is 15.5. The van der Waals surface area contributed by atoms with Crippen molar-refractivity contribution in [3.63, 3.8) is 0 Å². The maximum absolute atomic E-state index is 11.9. The molecule has 1 aromatic rings. The van der Waals surface area contributed by atoms with E-state index in [9.17, 15) is 18.3 Å². The lowest BCUT2D eigenvalue weighted by molar-refractivity contribution is -0.121. The molecule has 4 N–H and O–H groups in total. The predicted octanol–water partition coefficient (Wildman–Crippen LogP) is -1.55. The monoisotopic (exact) mass is 328 g/mol. The van der Waals surface area contributed by atoms with Crippen LogP contribution in [0.25, 0.3) is 0 Å². The van der Waals surface area contributed by atoms with Gasteiger partial charge >= 0.3 is 0 Å². The van der Waals surface area contributed by atoms with E-state index in [1.54, 1.807) is 0 Å². The molecule has 22 heavy (non-hydrogen) atoms. The molecular formula is C13H20N4O4S. The summed E-state index contributed by atoms with van der Waals surface area (Å²) in [6.45, 7) is 1.58. The predicted molar refractivity (Wildman–Crippen MR) is 79.4 cm³/mol. The summed E-state index contributed by atoms with van der Waals surface area (Å²) in [6, 6.07) is 2.96. The molecule has 2 unspecified atom stereocenters. The number of sulfonamides is 1. The van der Waals surface area contributed by atoms with E-state index >= 15 is 0 Å². The molecule has 1 amide bonds. The van der Waals surface area contributed by atoms with Gasteiger partial charge < -0.3 is 15.7 Å². The standard InChI is InChI=1S/C13H20N4O4S/c18-12-9-15-6-10(12)7-16-13(19)3-5-17-22(20,21)11-2-1-4-14-8-11/h1-2,4,8,10,12,15,17-18H,3,5-7,9H2,(H,16,19). The van der Waals surface area contributed by atoms with Crippen molar-refractivity contribution in [2.45, 2.75) is 17.4 Å². The first-order valence-electron chi connectivity index (χ1n) is 7.04. The fraction of sp³-hybridized carbons (Fsp3) is 0.538.